The molecular weight excluding hydrogens is 256 g/mol. The van der Waals surface area contributed by atoms with E-state index in [4.69, 9.17) is 46.4 Å². The lowest BCUT2D eigenvalue weighted by Crippen LogP contribution is -1.98. The summed E-state index contributed by atoms with van der Waals surface area (Å²) < 4.78 is 0. The van der Waals surface area contributed by atoms with Crippen molar-refractivity contribution in [3.8, 4) is 0 Å². The van der Waals surface area contributed by atoms with Crippen LogP contribution in [0.1, 0.15) is 0 Å². The molecule has 0 N–H and O–H groups in total. The molecule has 0 saturated carbocycles. The SMILES string of the molecule is Cl.ClC[P+](CCl)(CCl)CCl. The van der Waals surface area contributed by atoms with Crippen molar-refractivity contribution in [1.29, 1.82) is 0 Å². The van der Waals surface area contributed by atoms with Crippen LogP contribution in [0.4, 0.5) is 0 Å². The first-order valence-electron chi connectivity index (χ1n) is 2.33. The average molecular weight is 265 g/mol. The van der Waals surface area contributed by atoms with E-state index < -0.39 is 7.26 Å². The van der Waals surface area contributed by atoms with Crippen LogP contribution in [-0.4, -0.2) is 22.5 Å². The first-order valence-corrected chi connectivity index (χ1v) is 7.00. The average Bonchev–Trinajstić information content (AvgIpc) is 1.95. The van der Waals surface area contributed by atoms with Crippen LogP contribution in [-0.2, 0) is 0 Å². The van der Waals surface area contributed by atoms with Gasteiger partial charge >= 0.3 is 0 Å². The summed E-state index contributed by atoms with van der Waals surface area (Å²) in [5.41, 5.74) is 2.13. The van der Waals surface area contributed by atoms with Gasteiger partial charge in [-0.3, -0.25) is 0 Å². The van der Waals surface area contributed by atoms with Crippen molar-refractivity contribution in [3.63, 3.8) is 0 Å². The molecule has 6 heteroatoms. The van der Waals surface area contributed by atoms with E-state index in [1.807, 2.05) is 0 Å². The highest BCUT2D eigenvalue weighted by Crippen LogP contribution is 2.61. The molecule has 0 saturated heterocycles. The molecule has 0 aliphatic carbocycles. The van der Waals surface area contributed by atoms with Gasteiger partial charge in [-0.15, -0.1) is 12.4 Å². The van der Waals surface area contributed by atoms with Crippen LogP contribution in [0, 0.1) is 0 Å². The molecule has 64 valence electrons. The Morgan fingerprint density at radius 3 is 0.900 bits per heavy atom. The molecule has 0 bridgehead atoms. The molecule has 0 unspecified atom stereocenters. The van der Waals surface area contributed by atoms with Crippen molar-refractivity contribution in [2.45, 2.75) is 0 Å². The molecule has 0 spiro atoms. The highest BCUT2D eigenvalue weighted by molar-refractivity contribution is 7.80. The van der Waals surface area contributed by atoms with Gasteiger partial charge in [0.1, 0.15) is 22.5 Å². The van der Waals surface area contributed by atoms with Gasteiger partial charge < -0.3 is 0 Å². The van der Waals surface area contributed by atoms with Crippen molar-refractivity contribution in [1.82, 2.24) is 0 Å². The smallest absolute Gasteiger partial charge is 0.136 e. The minimum Gasteiger partial charge on any atom is -0.147 e. The van der Waals surface area contributed by atoms with Gasteiger partial charge in [-0.2, -0.15) is 0 Å². The van der Waals surface area contributed by atoms with Gasteiger partial charge in [0.25, 0.3) is 0 Å². The fraction of sp³-hybridized carbons (Fsp3) is 1.00. The minimum atomic E-state index is -1.36. The monoisotopic (exact) mass is 263 g/mol. The molecule has 0 rings (SSSR count). The summed E-state index contributed by atoms with van der Waals surface area (Å²) in [5.74, 6) is 0. The Morgan fingerprint density at radius 1 is 0.700 bits per heavy atom. The molecule has 0 aliphatic rings. The van der Waals surface area contributed by atoms with Crippen LogP contribution in [0.25, 0.3) is 0 Å². The second-order valence-electron chi connectivity index (χ2n) is 1.82. The maximum absolute atomic E-state index is 5.62. The van der Waals surface area contributed by atoms with E-state index in [1.54, 1.807) is 0 Å². The Morgan fingerprint density at radius 2 is 0.900 bits per heavy atom. The molecule has 10 heavy (non-hydrogen) atoms. The van der Waals surface area contributed by atoms with Crippen molar-refractivity contribution >= 4 is 66.1 Å². The van der Waals surface area contributed by atoms with Crippen LogP contribution in [0.3, 0.4) is 0 Å². The molecule has 0 atom stereocenters. The van der Waals surface area contributed by atoms with E-state index in [1.165, 1.54) is 0 Å². The molecule has 0 aromatic carbocycles. The summed E-state index contributed by atoms with van der Waals surface area (Å²) in [6.07, 6.45) is 0. The van der Waals surface area contributed by atoms with Crippen LogP contribution in [0.2, 0.25) is 0 Å². The van der Waals surface area contributed by atoms with Gasteiger partial charge in [0.15, 0.2) is 0 Å². The van der Waals surface area contributed by atoms with E-state index in [9.17, 15) is 0 Å². The Balaban J connectivity index is 0. The van der Waals surface area contributed by atoms with E-state index in [-0.39, 0.29) is 12.4 Å². The first kappa shape index (κ1) is 14.4. The van der Waals surface area contributed by atoms with Crippen molar-refractivity contribution in [2.24, 2.45) is 0 Å². The molecule has 0 fully saturated rings. The van der Waals surface area contributed by atoms with E-state index in [0.717, 1.165) is 0 Å². The Labute approximate surface area is 88.3 Å². The number of rotatable bonds is 4. The zero-order valence-corrected chi connectivity index (χ0v) is 9.93. The van der Waals surface area contributed by atoms with Gasteiger partial charge in [-0.25, -0.2) is 0 Å². The molecule has 0 amide bonds. The molecule has 0 aromatic heterocycles. The molecule has 0 heterocycles. The third-order valence-electron chi connectivity index (χ3n) is 1.01. The second-order valence-corrected chi connectivity index (χ2v) is 8.33. The summed E-state index contributed by atoms with van der Waals surface area (Å²) in [7, 11) is -1.36. The van der Waals surface area contributed by atoms with Crippen molar-refractivity contribution in [2.75, 3.05) is 22.5 Å². The summed E-state index contributed by atoms with van der Waals surface area (Å²) in [5, 5.41) is 0. The van der Waals surface area contributed by atoms with Gasteiger partial charge in [-0.1, -0.05) is 46.4 Å². The van der Waals surface area contributed by atoms with Crippen molar-refractivity contribution < 1.29 is 0 Å². The molecule has 0 aromatic rings. The van der Waals surface area contributed by atoms with Crippen LogP contribution in [0.15, 0.2) is 0 Å². The van der Waals surface area contributed by atoms with E-state index >= 15 is 0 Å². The Hall–Kier alpha value is 1.88. The quantitative estimate of drug-likeness (QED) is 0.527. The third-order valence-corrected chi connectivity index (χ3v) is 9.13. The summed E-state index contributed by atoms with van der Waals surface area (Å²) in [6.45, 7) is 0. The predicted molar refractivity (Wildman–Crippen MR) is 57.0 cm³/mol. The molecular formula is C4H9Cl5P+. The lowest BCUT2D eigenvalue weighted by atomic mass is 11.8. The maximum Gasteiger partial charge on any atom is 0.136 e. The predicted octanol–water partition coefficient (Wildman–Crippen LogP) is 4.21. The van der Waals surface area contributed by atoms with Gasteiger partial charge in [0.2, 0.25) is 0 Å². The van der Waals surface area contributed by atoms with Crippen LogP contribution in [0.5, 0.6) is 0 Å². The fourth-order valence-electron chi connectivity index (χ4n) is 0.192. The zero-order chi connectivity index (χ0) is 7.33. The third kappa shape index (κ3) is 4.04. The van der Waals surface area contributed by atoms with Crippen molar-refractivity contribution in [3.05, 3.63) is 0 Å². The van der Waals surface area contributed by atoms with Gasteiger partial charge in [0, 0.05) is 0 Å². The van der Waals surface area contributed by atoms with Gasteiger partial charge in [-0.05, 0) is 0 Å². The molecule has 0 radical (unpaired) electrons. The topological polar surface area (TPSA) is 0 Å². The number of hydrogen-bond donors (Lipinski definition) is 0. The van der Waals surface area contributed by atoms with Gasteiger partial charge in [0.05, 0.1) is 7.26 Å². The lowest BCUT2D eigenvalue weighted by molar-refractivity contribution is 1.74. The summed E-state index contributed by atoms with van der Waals surface area (Å²) in [6, 6.07) is 0. The first-order chi connectivity index (χ1) is 4.24. The fourth-order valence-corrected chi connectivity index (χ4v) is 5.17. The molecule has 0 nitrogen and oxygen atoms in total. The minimum absolute atomic E-state index is 0. The number of halogens is 5. The van der Waals surface area contributed by atoms with Crippen LogP contribution >= 0.6 is 66.1 Å². The Kier molecular flexibility index (Phi) is 10.8. The summed E-state index contributed by atoms with van der Waals surface area (Å²) >= 11 is 22.5. The largest absolute Gasteiger partial charge is 0.147 e. The highest BCUT2D eigenvalue weighted by atomic mass is 35.5. The summed E-state index contributed by atoms with van der Waals surface area (Å²) in [4.78, 5) is 0. The number of alkyl halides is 4. The highest BCUT2D eigenvalue weighted by Gasteiger charge is 2.33. The Bertz CT molecular complexity index is 56.5. The van der Waals surface area contributed by atoms with E-state index in [0.29, 0.717) is 22.5 Å². The number of hydrogen-bond acceptors (Lipinski definition) is 0. The lowest BCUT2D eigenvalue weighted by Gasteiger charge is -2.15. The second kappa shape index (κ2) is 7.53. The molecule has 0 aliphatic heterocycles. The van der Waals surface area contributed by atoms with E-state index in [2.05, 4.69) is 0 Å². The normalized spacial score (nSPS) is 10.8. The zero-order valence-electron chi connectivity index (χ0n) is 5.20. The maximum atomic E-state index is 5.62. The standard InChI is InChI=1S/C4H8Cl4P.ClH/c5-1-9(2-6,3-7)4-8;/h1-4H2;1H/q+1;. The van der Waals surface area contributed by atoms with Crippen LogP contribution < -0.4 is 0 Å².